The van der Waals surface area contributed by atoms with Gasteiger partial charge in [0.25, 0.3) is 5.91 Å². The molecule has 0 aromatic heterocycles. The first-order chi connectivity index (χ1) is 9.47. The predicted molar refractivity (Wildman–Crippen MR) is 74.7 cm³/mol. The molecule has 110 valence electrons. The molecule has 1 aliphatic heterocycles. The lowest BCUT2D eigenvalue weighted by Gasteiger charge is -2.35. The predicted octanol–water partition coefficient (Wildman–Crippen LogP) is 1.16. The topological polar surface area (TPSA) is 43.8 Å². The summed E-state index contributed by atoms with van der Waals surface area (Å²) in [5.41, 5.74) is 2.06. The van der Waals surface area contributed by atoms with Crippen LogP contribution in [-0.4, -0.2) is 53.1 Å². The molecule has 0 spiro atoms. The number of piperazine rings is 1. The van der Waals surface area contributed by atoms with E-state index in [0.717, 1.165) is 24.2 Å². The second-order valence-electron chi connectivity index (χ2n) is 5.35. The first-order valence-electron chi connectivity index (χ1n) is 6.91. The summed E-state index contributed by atoms with van der Waals surface area (Å²) in [5.74, 6) is -0.430. The van der Waals surface area contributed by atoms with Crippen molar-refractivity contribution in [1.82, 2.24) is 9.80 Å². The van der Waals surface area contributed by atoms with E-state index < -0.39 is 6.10 Å². The number of aliphatic hydroxyl groups excluding tert-OH is 1. The quantitative estimate of drug-likeness (QED) is 0.903. The molecule has 2 rings (SSSR count). The van der Waals surface area contributed by atoms with Crippen LogP contribution in [0.4, 0.5) is 4.39 Å². The van der Waals surface area contributed by atoms with Crippen molar-refractivity contribution >= 4 is 5.91 Å². The number of hydrogen-bond donors (Lipinski definition) is 1. The second-order valence-corrected chi connectivity index (χ2v) is 5.35. The van der Waals surface area contributed by atoms with E-state index in [1.807, 2.05) is 6.92 Å². The summed E-state index contributed by atoms with van der Waals surface area (Å²) in [5, 5.41) is 9.29. The lowest BCUT2D eigenvalue weighted by atomic mass is 10.1. The number of benzene rings is 1. The maximum absolute atomic E-state index is 13.3. The van der Waals surface area contributed by atoms with Crippen LogP contribution < -0.4 is 0 Å². The SMILES string of the molecule is Cc1ccc(F)cc1CN1CCN(C(=O)C(C)O)CC1. The molecule has 0 aliphatic carbocycles. The molecule has 1 aromatic carbocycles. The molecule has 1 atom stereocenters. The van der Waals surface area contributed by atoms with Gasteiger partial charge in [-0.3, -0.25) is 9.69 Å². The smallest absolute Gasteiger partial charge is 0.251 e. The number of amides is 1. The van der Waals surface area contributed by atoms with Gasteiger partial charge in [-0.25, -0.2) is 4.39 Å². The Morgan fingerprint density at radius 2 is 2.00 bits per heavy atom. The van der Waals surface area contributed by atoms with Crippen molar-refractivity contribution in [2.75, 3.05) is 26.2 Å². The van der Waals surface area contributed by atoms with Gasteiger partial charge < -0.3 is 10.0 Å². The van der Waals surface area contributed by atoms with Crippen molar-refractivity contribution < 1.29 is 14.3 Å². The van der Waals surface area contributed by atoms with E-state index >= 15 is 0 Å². The Morgan fingerprint density at radius 1 is 1.35 bits per heavy atom. The van der Waals surface area contributed by atoms with Gasteiger partial charge in [0.2, 0.25) is 0 Å². The molecule has 1 aliphatic rings. The number of nitrogens with zero attached hydrogens (tertiary/aromatic N) is 2. The summed E-state index contributed by atoms with van der Waals surface area (Å²) in [6.07, 6.45) is -0.938. The van der Waals surface area contributed by atoms with E-state index in [4.69, 9.17) is 0 Å². The number of carbonyl (C=O) groups is 1. The van der Waals surface area contributed by atoms with E-state index in [1.165, 1.54) is 13.0 Å². The first kappa shape index (κ1) is 14.9. The molecule has 0 saturated carbocycles. The molecular weight excluding hydrogens is 259 g/mol. The Morgan fingerprint density at radius 3 is 2.60 bits per heavy atom. The maximum atomic E-state index is 13.3. The number of aliphatic hydroxyl groups is 1. The molecular formula is C15H21FN2O2. The van der Waals surface area contributed by atoms with E-state index in [9.17, 15) is 14.3 Å². The monoisotopic (exact) mass is 280 g/mol. The van der Waals surface area contributed by atoms with Crippen LogP contribution in [0.15, 0.2) is 18.2 Å². The molecule has 1 N–H and O–H groups in total. The van der Waals surface area contributed by atoms with E-state index in [1.54, 1.807) is 17.0 Å². The first-order valence-corrected chi connectivity index (χ1v) is 6.91. The lowest BCUT2D eigenvalue weighted by molar-refractivity contribution is -0.141. The fraction of sp³-hybridized carbons (Fsp3) is 0.533. The molecule has 1 amide bonds. The standard InChI is InChI=1S/C15H21FN2O2/c1-11-3-4-14(16)9-13(11)10-17-5-7-18(8-6-17)15(20)12(2)19/h3-4,9,12,19H,5-8,10H2,1-2H3. The summed E-state index contributed by atoms with van der Waals surface area (Å²) in [4.78, 5) is 15.6. The number of aryl methyl sites for hydroxylation is 1. The molecule has 5 heteroatoms. The van der Waals surface area contributed by atoms with Crippen LogP contribution in [0.2, 0.25) is 0 Å². The van der Waals surface area contributed by atoms with Gasteiger partial charge in [0, 0.05) is 32.7 Å². The molecule has 1 fully saturated rings. The van der Waals surface area contributed by atoms with E-state index in [-0.39, 0.29) is 11.7 Å². The maximum Gasteiger partial charge on any atom is 0.251 e. The highest BCUT2D eigenvalue weighted by atomic mass is 19.1. The van der Waals surface area contributed by atoms with Crippen LogP contribution in [0.25, 0.3) is 0 Å². The summed E-state index contributed by atoms with van der Waals surface area (Å²) in [6.45, 7) is 6.87. The van der Waals surface area contributed by atoms with E-state index in [2.05, 4.69) is 4.90 Å². The van der Waals surface area contributed by atoms with Gasteiger partial charge in [0.1, 0.15) is 11.9 Å². The Balaban J connectivity index is 1.91. The van der Waals surface area contributed by atoms with Crippen molar-refractivity contribution in [2.24, 2.45) is 0 Å². The third kappa shape index (κ3) is 3.55. The second kappa shape index (κ2) is 6.33. The average Bonchev–Trinajstić information content (AvgIpc) is 2.43. The Labute approximate surface area is 118 Å². The van der Waals surface area contributed by atoms with Crippen molar-refractivity contribution in [3.63, 3.8) is 0 Å². The van der Waals surface area contributed by atoms with Crippen molar-refractivity contribution in [3.05, 3.63) is 35.1 Å². The molecule has 1 saturated heterocycles. The van der Waals surface area contributed by atoms with Crippen LogP contribution in [0.1, 0.15) is 18.1 Å². The van der Waals surface area contributed by atoms with Crippen molar-refractivity contribution in [2.45, 2.75) is 26.5 Å². The molecule has 1 aromatic rings. The highest BCUT2D eigenvalue weighted by molar-refractivity contribution is 5.80. The summed E-state index contributed by atoms with van der Waals surface area (Å²) < 4.78 is 13.3. The van der Waals surface area contributed by atoms with Gasteiger partial charge in [-0.15, -0.1) is 0 Å². The fourth-order valence-corrected chi connectivity index (χ4v) is 2.44. The number of carbonyl (C=O) groups excluding carboxylic acids is 1. The Hall–Kier alpha value is -1.46. The lowest BCUT2D eigenvalue weighted by Crippen LogP contribution is -2.50. The molecule has 4 nitrogen and oxygen atoms in total. The molecule has 1 unspecified atom stereocenters. The van der Waals surface area contributed by atoms with Crippen molar-refractivity contribution in [1.29, 1.82) is 0 Å². The minimum Gasteiger partial charge on any atom is -0.384 e. The van der Waals surface area contributed by atoms with Gasteiger partial charge >= 0.3 is 0 Å². The van der Waals surface area contributed by atoms with Gasteiger partial charge in [0.05, 0.1) is 0 Å². The zero-order valence-electron chi connectivity index (χ0n) is 12.0. The largest absolute Gasteiger partial charge is 0.384 e. The summed E-state index contributed by atoms with van der Waals surface area (Å²) in [6, 6.07) is 4.83. The normalized spacial score (nSPS) is 18.1. The zero-order chi connectivity index (χ0) is 14.7. The average molecular weight is 280 g/mol. The minimum absolute atomic E-state index is 0.214. The van der Waals surface area contributed by atoms with Crippen LogP contribution in [0.3, 0.4) is 0 Å². The Bertz CT molecular complexity index is 483. The number of halogens is 1. The van der Waals surface area contributed by atoms with Crippen LogP contribution >= 0.6 is 0 Å². The van der Waals surface area contributed by atoms with Gasteiger partial charge in [-0.2, -0.15) is 0 Å². The van der Waals surface area contributed by atoms with Gasteiger partial charge in [-0.1, -0.05) is 6.07 Å². The van der Waals surface area contributed by atoms with Crippen LogP contribution in [-0.2, 0) is 11.3 Å². The number of rotatable bonds is 3. The highest BCUT2D eigenvalue weighted by Gasteiger charge is 2.23. The zero-order valence-corrected chi connectivity index (χ0v) is 12.0. The summed E-state index contributed by atoms with van der Waals surface area (Å²) >= 11 is 0. The van der Waals surface area contributed by atoms with Gasteiger partial charge in [0.15, 0.2) is 0 Å². The molecule has 0 bridgehead atoms. The molecule has 1 heterocycles. The van der Waals surface area contributed by atoms with E-state index in [0.29, 0.717) is 19.6 Å². The van der Waals surface area contributed by atoms with Crippen LogP contribution in [0.5, 0.6) is 0 Å². The fourth-order valence-electron chi connectivity index (χ4n) is 2.44. The molecule has 20 heavy (non-hydrogen) atoms. The Kier molecular flexibility index (Phi) is 4.73. The summed E-state index contributed by atoms with van der Waals surface area (Å²) in [7, 11) is 0. The minimum atomic E-state index is -0.938. The third-order valence-electron chi connectivity index (χ3n) is 3.75. The van der Waals surface area contributed by atoms with Gasteiger partial charge in [-0.05, 0) is 37.1 Å². The molecule has 0 radical (unpaired) electrons. The third-order valence-corrected chi connectivity index (χ3v) is 3.75. The van der Waals surface area contributed by atoms with Crippen LogP contribution in [0, 0.1) is 12.7 Å². The van der Waals surface area contributed by atoms with Crippen molar-refractivity contribution in [3.8, 4) is 0 Å². The number of hydrogen-bond acceptors (Lipinski definition) is 3. The highest BCUT2D eigenvalue weighted by Crippen LogP contribution is 2.14.